The molecule has 0 bridgehead atoms. The summed E-state index contributed by atoms with van der Waals surface area (Å²) in [6.07, 6.45) is 5.42. The monoisotopic (exact) mass is 284 g/mol. The van der Waals surface area contributed by atoms with Crippen molar-refractivity contribution in [3.05, 3.63) is 0 Å². The molecular formula is C15H28N2O3. The number of amides is 2. The number of rotatable bonds is 4. The number of hydrogen-bond donors (Lipinski definition) is 1. The molecule has 0 aromatic carbocycles. The van der Waals surface area contributed by atoms with Crippen molar-refractivity contribution in [3.63, 3.8) is 0 Å². The molecule has 1 aliphatic rings. The molecule has 0 unspecified atom stereocenters. The lowest BCUT2D eigenvalue weighted by Gasteiger charge is -2.21. The number of nitrogens with zero attached hydrogens (tertiary/aromatic N) is 1. The minimum absolute atomic E-state index is 0.206. The first-order valence-corrected chi connectivity index (χ1v) is 7.63. The van der Waals surface area contributed by atoms with Crippen molar-refractivity contribution in [1.82, 2.24) is 10.2 Å². The fourth-order valence-electron chi connectivity index (χ4n) is 2.22. The maximum atomic E-state index is 12.0. The van der Waals surface area contributed by atoms with Gasteiger partial charge >= 0.3 is 6.09 Å². The van der Waals surface area contributed by atoms with Crippen molar-refractivity contribution in [2.75, 3.05) is 19.6 Å². The van der Waals surface area contributed by atoms with Gasteiger partial charge in [-0.1, -0.05) is 12.8 Å². The molecule has 1 N–H and O–H groups in total. The van der Waals surface area contributed by atoms with Crippen molar-refractivity contribution in [2.45, 2.75) is 64.9 Å². The Balaban J connectivity index is 2.14. The Kier molecular flexibility index (Phi) is 6.82. The highest BCUT2D eigenvalue weighted by molar-refractivity contribution is 5.76. The largest absolute Gasteiger partial charge is 0.444 e. The Bertz CT molecular complexity index is 316. The van der Waals surface area contributed by atoms with E-state index in [0.717, 1.165) is 25.9 Å². The van der Waals surface area contributed by atoms with Crippen LogP contribution in [0, 0.1) is 0 Å². The number of alkyl carbamates (subject to hydrolysis) is 1. The van der Waals surface area contributed by atoms with E-state index in [2.05, 4.69) is 5.32 Å². The van der Waals surface area contributed by atoms with Gasteiger partial charge in [0.2, 0.25) is 5.91 Å². The highest BCUT2D eigenvalue weighted by Crippen LogP contribution is 2.11. The normalized spacial score (nSPS) is 16.4. The van der Waals surface area contributed by atoms with E-state index in [1.54, 1.807) is 0 Å². The van der Waals surface area contributed by atoms with Crippen LogP contribution in [0.1, 0.15) is 59.3 Å². The Morgan fingerprint density at radius 2 is 1.70 bits per heavy atom. The number of carbonyl (C=O) groups excluding carboxylic acids is 2. The highest BCUT2D eigenvalue weighted by Gasteiger charge is 2.17. The standard InChI is InChI=1S/C15H28N2O3/c1-15(2,3)20-14(19)16-10-8-9-13(18)17-11-6-4-5-7-12-17/h4-12H2,1-3H3,(H,16,19). The van der Waals surface area contributed by atoms with Crippen molar-refractivity contribution in [1.29, 1.82) is 0 Å². The molecule has 1 fully saturated rings. The van der Waals surface area contributed by atoms with Gasteiger partial charge in [-0.2, -0.15) is 0 Å². The summed E-state index contributed by atoms with van der Waals surface area (Å²) in [5.74, 6) is 0.206. The van der Waals surface area contributed by atoms with Crippen LogP contribution in [0.5, 0.6) is 0 Å². The lowest BCUT2D eigenvalue weighted by atomic mass is 10.2. The fraction of sp³-hybridized carbons (Fsp3) is 0.867. The molecule has 116 valence electrons. The molecule has 1 heterocycles. The Labute approximate surface area is 122 Å². The Morgan fingerprint density at radius 1 is 1.10 bits per heavy atom. The molecule has 0 saturated carbocycles. The average Bonchev–Trinajstić information content (AvgIpc) is 2.61. The lowest BCUT2D eigenvalue weighted by molar-refractivity contribution is -0.131. The molecule has 20 heavy (non-hydrogen) atoms. The molecule has 0 aromatic heterocycles. The van der Waals surface area contributed by atoms with Gasteiger partial charge < -0.3 is 15.0 Å². The molecule has 5 nitrogen and oxygen atoms in total. The zero-order valence-electron chi connectivity index (χ0n) is 13.0. The van der Waals surface area contributed by atoms with E-state index < -0.39 is 11.7 Å². The number of ether oxygens (including phenoxy) is 1. The number of likely N-dealkylation sites (tertiary alicyclic amines) is 1. The van der Waals surface area contributed by atoms with Gasteiger partial charge in [0.15, 0.2) is 0 Å². The minimum atomic E-state index is -0.480. The van der Waals surface area contributed by atoms with Crippen LogP contribution in [0.2, 0.25) is 0 Å². The van der Waals surface area contributed by atoms with Crippen LogP contribution in [0.15, 0.2) is 0 Å². The van der Waals surface area contributed by atoms with Gasteiger partial charge in [0, 0.05) is 26.1 Å². The van der Waals surface area contributed by atoms with Gasteiger partial charge in [-0.3, -0.25) is 4.79 Å². The number of carbonyl (C=O) groups is 2. The SMILES string of the molecule is CC(C)(C)OC(=O)NCCCC(=O)N1CCCCCC1. The molecule has 1 aliphatic heterocycles. The lowest BCUT2D eigenvalue weighted by Crippen LogP contribution is -2.34. The third-order valence-electron chi connectivity index (χ3n) is 3.19. The summed E-state index contributed by atoms with van der Waals surface area (Å²) < 4.78 is 5.13. The van der Waals surface area contributed by atoms with Crippen LogP contribution < -0.4 is 5.32 Å². The zero-order valence-corrected chi connectivity index (χ0v) is 13.0. The maximum Gasteiger partial charge on any atom is 0.407 e. The van der Waals surface area contributed by atoms with E-state index in [0.29, 0.717) is 19.4 Å². The fourth-order valence-corrected chi connectivity index (χ4v) is 2.22. The van der Waals surface area contributed by atoms with Crippen LogP contribution >= 0.6 is 0 Å². The van der Waals surface area contributed by atoms with E-state index in [4.69, 9.17) is 4.74 Å². The van der Waals surface area contributed by atoms with Crippen molar-refractivity contribution < 1.29 is 14.3 Å². The van der Waals surface area contributed by atoms with Gasteiger partial charge in [-0.15, -0.1) is 0 Å². The minimum Gasteiger partial charge on any atom is -0.444 e. The molecule has 1 saturated heterocycles. The van der Waals surface area contributed by atoms with E-state index >= 15 is 0 Å². The van der Waals surface area contributed by atoms with Crippen LogP contribution in [-0.4, -0.2) is 42.1 Å². The topological polar surface area (TPSA) is 58.6 Å². The Morgan fingerprint density at radius 3 is 2.25 bits per heavy atom. The molecule has 0 atom stereocenters. The smallest absolute Gasteiger partial charge is 0.407 e. The van der Waals surface area contributed by atoms with Gasteiger partial charge in [0.1, 0.15) is 5.60 Å². The van der Waals surface area contributed by atoms with Crippen molar-refractivity contribution in [2.24, 2.45) is 0 Å². The first-order valence-electron chi connectivity index (χ1n) is 7.63. The molecule has 0 aliphatic carbocycles. The molecule has 0 aromatic rings. The second kappa shape index (κ2) is 8.12. The summed E-state index contributed by atoms with van der Waals surface area (Å²) in [6, 6.07) is 0. The van der Waals surface area contributed by atoms with E-state index in [9.17, 15) is 9.59 Å². The first-order chi connectivity index (χ1) is 9.38. The van der Waals surface area contributed by atoms with Gasteiger partial charge in [-0.25, -0.2) is 4.79 Å². The van der Waals surface area contributed by atoms with Crippen LogP contribution in [0.3, 0.4) is 0 Å². The number of hydrogen-bond acceptors (Lipinski definition) is 3. The van der Waals surface area contributed by atoms with Gasteiger partial charge in [0.25, 0.3) is 0 Å². The number of nitrogens with one attached hydrogen (secondary N) is 1. The van der Waals surface area contributed by atoms with E-state index in [-0.39, 0.29) is 5.91 Å². The maximum absolute atomic E-state index is 12.0. The van der Waals surface area contributed by atoms with Gasteiger partial charge in [0.05, 0.1) is 0 Å². The molecule has 0 radical (unpaired) electrons. The van der Waals surface area contributed by atoms with Gasteiger partial charge in [-0.05, 0) is 40.0 Å². The van der Waals surface area contributed by atoms with Crippen molar-refractivity contribution in [3.8, 4) is 0 Å². The molecular weight excluding hydrogens is 256 g/mol. The highest BCUT2D eigenvalue weighted by atomic mass is 16.6. The zero-order chi connectivity index (χ0) is 15.0. The summed E-state index contributed by atoms with van der Waals surface area (Å²) in [6.45, 7) is 7.74. The van der Waals surface area contributed by atoms with Crippen molar-refractivity contribution >= 4 is 12.0 Å². The van der Waals surface area contributed by atoms with Crippen LogP contribution in [0.4, 0.5) is 4.79 Å². The summed E-state index contributed by atoms with van der Waals surface area (Å²) in [7, 11) is 0. The Hall–Kier alpha value is -1.26. The van der Waals surface area contributed by atoms with E-state index in [1.807, 2.05) is 25.7 Å². The molecule has 0 spiro atoms. The molecule has 2 amide bonds. The summed E-state index contributed by atoms with van der Waals surface area (Å²) in [4.78, 5) is 25.4. The summed E-state index contributed by atoms with van der Waals surface area (Å²) >= 11 is 0. The molecule has 1 rings (SSSR count). The predicted molar refractivity (Wildman–Crippen MR) is 78.5 cm³/mol. The third-order valence-corrected chi connectivity index (χ3v) is 3.19. The quantitative estimate of drug-likeness (QED) is 0.807. The molecule has 5 heteroatoms. The average molecular weight is 284 g/mol. The second-order valence-corrected chi connectivity index (χ2v) is 6.33. The first kappa shape index (κ1) is 16.8. The predicted octanol–water partition coefficient (Wildman–Crippen LogP) is 2.69. The third kappa shape index (κ3) is 7.36. The van der Waals surface area contributed by atoms with E-state index in [1.165, 1.54) is 12.8 Å². The summed E-state index contributed by atoms with van der Waals surface area (Å²) in [5, 5.41) is 2.68. The summed E-state index contributed by atoms with van der Waals surface area (Å²) in [5.41, 5.74) is -0.480. The van der Waals surface area contributed by atoms with Crippen LogP contribution in [0.25, 0.3) is 0 Å². The van der Waals surface area contributed by atoms with Crippen LogP contribution in [-0.2, 0) is 9.53 Å². The second-order valence-electron chi connectivity index (χ2n) is 6.33.